The highest BCUT2D eigenvalue weighted by Crippen LogP contribution is 2.32. The quantitative estimate of drug-likeness (QED) is 0.232. The van der Waals surface area contributed by atoms with E-state index in [1.807, 2.05) is 6.07 Å². The topological polar surface area (TPSA) is 74.0 Å². The Balaban J connectivity index is 1.39. The van der Waals surface area contributed by atoms with Gasteiger partial charge in [-0.15, -0.1) is 0 Å². The van der Waals surface area contributed by atoms with Crippen LogP contribution in [0.15, 0.2) is 54.7 Å². The molecule has 4 aromatic rings. The Bertz CT molecular complexity index is 1630. The number of hydrogen-bond acceptors (Lipinski definition) is 4. The number of aromatic nitrogens is 2. The van der Waals surface area contributed by atoms with Crippen LogP contribution in [-0.4, -0.2) is 33.6 Å². The fourth-order valence-corrected chi connectivity index (χ4v) is 5.02. The first kappa shape index (κ1) is 25.9. The normalized spacial score (nSPS) is 13.6. The summed E-state index contributed by atoms with van der Waals surface area (Å²) in [6.45, 7) is 1.98. The van der Waals surface area contributed by atoms with E-state index in [2.05, 4.69) is 21.3 Å². The number of pyridine rings is 1. The first-order valence-electron chi connectivity index (χ1n) is 11.8. The molecule has 0 radical (unpaired) electrons. The molecule has 2 aromatic carbocycles. The van der Waals surface area contributed by atoms with Crippen molar-refractivity contribution in [2.24, 2.45) is 0 Å². The average Bonchev–Trinajstić information content (AvgIpc) is 3.24. The smallest absolute Gasteiger partial charge is 0.326 e. The van der Waals surface area contributed by atoms with Crippen molar-refractivity contribution in [1.82, 2.24) is 19.8 Å². The van der Waals surface area contributed by atoms with Crippen molar-refractivity contribution in [3.05, 3.63) is 104 Å². The molecule has 0 saturated carbocycles. The number of hydrogen-bond donors (Lipinski definition) is 1. The molecule has 5 rings (SSSR count). The summed E-state index contributed by atoms with van der Waals surface area (Å²) >= 11 is 11.6. The van der Waals surface area contributed by atoms with Gasteiger partial charge in [0.1, 0.15) is 5.15 Å². The van der Waals surface area contributed by atoms with E-state index < -0.39 is 11.6 Å². The van der Waals surface area contributed by atoms with Crippen molar-refractivity contribution in [3.63, 3.8) is 0 Å². The highest BCUT2D eigenvalue weighted by atomic mass is 35.5. The van der Waals surface area contributed by atoms with Gasteiger partial charge in [-0.05, 0) is 41.5 Å². The molecule has 1 aliphatic heterocycles. The minimum Gasteiger partial charge on any atom is -0.333 e. The zero-order valence-electron chi connectivity index (χ0n) is 20.0. The lowest BCUT2D eigenvalue weighted by Gasteiger charge is -2.27. The van der Waals surface area contributed by atoms with E-state index >= 15 is 0 Å². The number of nitriles is 1. The molecular formula is C28H21Cl2F2N5O. The molecule has 1 N–H and O–H groups in total. The Labute approximate surface area is 227 Å². The van der Waals surface area contributed by atoms with Crippen molar-refractivity contribution in [1.29, 1.82) is 5.26 Å². The third kappa shape index (κ3) is 5.14. The predicted molar refractivity (Wildman–Crippen MR) is 143 cm³/mol. The molecule has 0 spiro atoms. The van der Waals surface area contributed by atoms with Crippen molar-refractivity contribution in [2.75, 3.05) is 13.1 Å². The molecule has 0 bridgehead atoms. The van der Waals surface area contributed by atoms with E-state index in [1.165, 1.54) is 18.2 Å². The fourth-order valence-electron chi connectivity index (χ4n) is 4.68. The van der Waals surface area contributed by atoms with Gasteiger partial charge >= 0.3 is 6.03 Å². The van der Waals surface area contributed by atoms with Gasteiger partial charge in [-0.1, -0.05) is 47.5 Å². The zero-order valence-corrected chi connectivity index (χ0v) is 21.5. The highest BCUT2D eigenvalue weighted by molar-refractivity contribution is 6.30. The Kier molecular flexibility index (Phi) is 7.43. The van der Waals surface area contributed by atoms with Gasteiger partial charge in [-0.25, -0.2) is 18.6 Å². The number of nitrogens with one attached hydrogen (secondary N) is 1. The summed E-state index contributed by atoms with van der Waals surface area (Å²) < 4.78 is 29.5. The molecule has 10 heteroatoms. The Morgan fingerprint density at radius 3 is 2.79 bits per heavy atom. The number of fused-ring (bicyclic) bond motifs is 3. The molecule has 3 heterocycles. The van der Waals surface area contributed by atoms with Gasteiger partial charge in [-0.3, -0.25) is 9.47 Å². The standard InChI is InChI=1S/C28H21Cl2F2N5O/c29-22-6-4-19(26(31)27(22)32)2-1-10-36-11-8-23-21(16-36)20-5-3-17(14-33)12-24(20)37(23)28(38)35-15-18-7-9-34-25(30)13-18/h1-7,9,12-13H,8,10-11,15-16H2,(H,35,38)/b2-1+. The summed E-state index contributed by atoms with van der Waals surface area (Å²) in [6, 6.07) is 13.4. The Morgan fingerprint density at radius 1 is 1.16 bits per heavy atom. The second kappa shape index (κ2) is 10.9. The van der Waals surface area contributed by atoms with E-state index in [0.717, 1.165) is 22.2 Å². The van der Waals surface area contributed by atoms with Crippen LogP contribution in [-0.2, 0) is 19.5 Å². The maximum atomic E-state index is 14.1. The van der Waals surface area contributed by atoms with Crippen molar-refractivity contribution in [3.8, 4) is 6.07 Å². The van der Waals surface area contributed by atoms with E-state index in [4.69, 9.17) is 23.2 Å². The van der Waals surface area contributed by atoms with E-state index in [1.54, 1.807) is 41.1 Å². The number of carbonyl (C=O) groups excluding carboxylic acids is 1. The minimum absolute atomic E-state index is 0.123. The second-order valence-electron chi connectivity index (χ2n) is 8.90. The van der Waals surface area contributed by atoms with Crippen LogP contribution in [0.3, 0.4) is 0 Å². The summed E-state index contributed by atoms with van der Waals surface area (Å²) in [5.74, 6) is -2.04. The van der Waals surface area contributed by atoms with Crippen LogP contribution in [0.25, 0.3) is 17.0 Å². The molecule has 6 nitrogen and oxygen atoms in total. The summed E-state index contributed by atoms with van der Waals surface area (Å²) in [5.41, 5.74) is 3.94. The lowest BCUT2D eigenvalue weighted by atomic mass is 10.0. The van der Waals surface area contributed by atoms with Gasteiger partial charge in [-0.2, -0.15) is 5.26 Å². The third-order valence-corrected chi connectivity index (χ3v) is 7.02. The van der Waals surface area contributed by atoms with Crippen molar-refractivity contribution < 1.29 is 13.6 Å². The monoisotopic (exact) mass is 551 g/mol. The van der Waals surface area contributed by atoms with Crippen molar-refractivity contribution >= 4 is 46.2 Å². The molecule has 0 aliphatic carbocycles. The number of nitrogens with zero attached hydrogens (tertiary/aromatic N) is 4. The number of rotatable bonds is 5. The first-order chi connectivity index (χ1) is 18.4. The van der Waals surface area contributed by atoms with Gasteiger partial charge < -0.3 is 5.32 Å². The summed E-state index contributed by atoms with van der Waals surface area (Å²) in [6.07, 6.45) is 5.48. The van der Waals surface area contributed by atoms with Crippen LogP contribution in [0.1, 0.15) is 27.9 Å². The van der Waals surface area contributed by atoms with E-state index in [0.29, 0.717) is 42.3 Å². The molecule has 1 amide bonds. The van der Waals surface area contributed by atoms with Crippen LogP contribution >= 0.6 is 23.2 Å². The molecule has 0 saturated heterocycles. The minimum atomic E-state index is -1.06. The Morgan fingerprint density at radius 2 is 2.00 bits per heavy atom. The van der Waals surface area contributed by atoms with Crippen LogP contribution < -0.4 is 5.32 Å². The number of halogens is 4. The van der Waals surface area contributed by atoms with E-state index in [-0.39, 0.29) is 23.2 Å². The summed E-state index contributed by atoms with van der Waals surface area (Å²) in [4.78, 5) is 19.5. The molecule has 2 aromatic heterocycles. The van der Waals surface area contributed by atoms with Crippen LogP contribution in [0.2, 0.25) is 10.2 Å². The summed E-state index contributed by atoms with van der Waals surface area (Å²) in [5, 5.41) is 13.4. The van der Waals surface area contributed by atoms with Gasteiger partial charge in [0.2, 0.25) is 0 Å². The maximum absolute atomic E-state index is 14.1. The Hall–Kier alpha value is -3.77. The molecule has 0 atom stereocenters. The average molecular weight is 552 g/mol. The zero-order chi connectivity index (χ0) is 26.8. The molecule has 38 heavy (non-hydrogen) atoms. The third-order valence-electron chi connectivity index (χ3n) is 6.52. The van der Waals surface area contributed by atoms with Gasteiger partial charge in [0.05, 0.1) is 22.2 Å². The lowest BCUT2D eigenvalue weighted by molar-refractivity contribution is 0.240. The SMILES string of the molecule is N#Cc1ccc2c3c(n(C(=O)NCc4ccnc(Cl)c4)c2c1)CCN(C/C=C/c1ccc(Cl)c(F)c1F)C3. The predicted octanol–water partition coefficient (Wildman–Crippen LogP) is 6.32. The lowest BCUT2D eigenvalue weighted by Crippen LogP contribution is -2.34. The number of benzene rings is 2. The highest BCUT2D eigenvalue weighted by Gasteiger charge is 2.26. The van der Waals surface area contributed by atoms with Crippen molar-refractivity contribution in [2.45, 2.75) is 19.5 Å². The van der Waals surface area contributed by atoms with Gasteiger partial charge in [0.15, 0.2) is 11.6 Å². The molecule has 0 fully saturated rings. The molecular weight excluding hydrogens is 531 g/mol. The first-order valence-corrected chi connectivity index (χ1v) is 12.6. The van der Waals surface area contributed by atoms with Crippen LogP contribution in [0.4, 0.5) is 13.6 Å². The number of amides is 1. The fraction of sp³-hybridized carbons (Fsp3) is 0.179. The van der Waals surface area contributed by atoms with Crippen LogP contribution in [0, 0.1) is 23.0 Å². The van der Waals surface area contributed by atoms with E-state index in [9.17, 15) is 18.8 Å². The number of carbonyl (C=O) groups is 1. The van der Waals surface area contributed by atoms with Gasteiger partial charge in [0, 0.05) is 55.4 Å². The van der Waals surface area contributed by atoms with Crippen LogP contribution in [0.5, 0.6) is 0 Å². The molecule has 192 valence electrons. The second-order valence-corrected chi connectivity index (χ2v) is 9.70. The largest absolute Gasteiger partial charge is 0.333 e. The maximum Gasteiger partial charge on any atom is 0.326 e. The van der Waals surface area contributed by atoms with Gasteiger partial charge in [0.25, 0.3) is 0 Å². The summed E-state index contributed by atoms with van der Waals surface area (Å²) in [7, 11) is 0. The molecule has 0 unspecified atom stereocenters. The molecule has 1 aliphatic rings.